The predicted molar refractivity (Wildman–Crippen MR) is 111 cm³/mol. The molecule has 4 rings (SSSR count). The first-order chi connectivity index (χ1) is 13.8. The van der Waals surface area contributed by atoms with Crippen molar-refractivity contribution in [2.24, 2.45) is 0 Å². The summed E-state index contributed by atoms with van der Waals surface area (Å²) in [5, 5.41) is 1.03. The Morgan fingerprint density at radius 1 is 1.24 bits per heavy atom. The van der Waals surface area contributed by atoms with Gasteiger partial charge in [0.2, 0.25) is 15.9 Å². The Morgan fingerprint density at radius 3 is 2.76 bits per heavy atom. The van der Waals surface area contributed by atoms with Crippen molar-refractivity contribution in [2.75, 3.05) is 6.54 Å². The van der Waals surface area contributed by atoms with E-state index in [2.05, 4.69) is 25.6 Å². The smallest absolute Gasteiger partial charge is 0.244 e. The molecule has 1 aromatic heterocycles. The zero-order valence-corrected chi connectivity index (χ0v) is 18.0. The molecule has 1 aliphatic rings. The van der Waals surface area contributed by atoms with Gasteiger partial charge in [-0.05, 0) is 41.1 Å². The van der Waals surface area contributed by atoms with Crippen LogP contribution in [-0.4, -0.2) is 36.8 Å². The lowest BCUT2D eigenvalue weighted by molar-refractivity contribution is -0.133. The first-order valence-corrected chi connectivity index (χ1v) is 11.4. The van der Waals surface area contributed by atoms with E-state index < -0.39 is 26.8 Å². The zero-order valence-electron chi connectivity index (χ0n) is 15.6. The van der Waals surface area contributed by atoms with Crippen molar-refractivity contribution in [3.05, 3.63) is 64.0 Å². The maximum atomic E-state index is 13.9. The third-order valence-corrected chi connectivity index (χ3v) is 7.33. The van der Waals surface area contributed by atoms with E-state index in [1.165, 1.54) is 25.1 Å². The molecule has 1 aliphatic heterocycles. The van der Waals surface area contributed by atoms with Gasteiger partial charge >= 0.3 is 0 Å². The fourth-order valence-electron chi connectivity index (χ4n) is 3.67. The number of carbonyl (C=O) groups excluding carboxylic acids is 1. The summed E-state index contributed by atoms with van der Waals surface area (Å²) < 4.78 is 42.1. The summed E-state index contributed by atoms with van der Waals surface area (Å²) in [6.45, 7) is 2.33. The molecular formula is C20H19BrFN3O3S. The molecule has 0 saturated carbocycles. The first kappa shape index (κ1) is 20.1. The normalized spacial score (nSPS) is 15.3. The van der Waals surface area contributed by atoms with Crippen LogP contribution in [0.4, 0.5) is 4.39 Å². The molecule has 9 heteroatoms. The Bertz CT molecular complexity index is 1210. The molecule has 0 spiro atoms. The minimum absolute atomic E-state index is 0.347. The molecule has 2 heterocycles. The SMILES string of the molecule is C[C@H](NS(=O)(=O)c1ccccc1F)C(=O)N1CCc2[nH]c3c(Br)cccc3c2C1. The lowest BCUT2D eigenvalue weighted by Crippen LogP contribution is -2.48. The second-order valence-corrected chi connectivity index (χ2v) is 9.56. The van der Waals surface area contributed by atoms with E-state index in [4.69, 9.17) is 0 Å². The number of sulfonamides is 1. The molecule has 0 saturated heterocycles. The molecular weight excluding hydrogens is 461 g/mol. The molecule has 0 bridgehead atoms. The van der Waals surface area contributed by atoms with Crippen molar-refractivity contribution < 1.29 is 17.6 Å². The van der Waals surface area contributed by atoms with Crippen molar-refractivity contribution >= 4 is 42.8 Å². The van der Waals surface area contributed by atoms with Crippen LogP contribution in [0.15, 0.2) is 51.8 Å². The van der Waals surface area contributed by atoms with Gasteiger partial charge in [0, 0.05) is 40.6 Å². The maximum Gasteiger partial charge on any atom is 0.244 e. The fraction of sp³-hybridized carbons (Fsp3) is 0.250. The number of benzene rings is 2. The number of hydrogen-bond acceptors (Lipinski definition) is 3. The van der Waals surface area contributed by atoms with E-state index in [1.54, 1.807) is 4.90 Å². The molecule has 0 unspecified atom stereocenters. The van der Waals surface area contributed by atoms with Crippen LogP contribution in [-0.2, 0) is 27.8 Å². The Hall–Kier alpha value is -2.23. The van der Waals surface area contributed by atoms with Crippen LogP contribution in [0, 0.1) is 5.82 Å². The van der Waals surface area contributed by atoms with Crippen LogP contribution in [0.3, 0.4) is 0 Å². The number of aromatic nitrogens is 1. The van der Waals surface area contributed by atoms with Gasteiger partial charge < -0.3 is 9.88 Å². The van der Waals surface area contributed by atoms with Crippen LogP contribution in [0.2, 0.25) is 0 Å². The topological polar surface area (TPSA) is 82.3 Å². The third kappa shape index (κ3) is 3.70. The second-order valence-electron chi connectivity index (χ2n) is 7.03. The van der Waals surface area contributed by atoms with Gasteiger partial charge in [0.1, 0.15) is 10.7 Å². The number of rotatable bonds is 4. The number of fused-ring (bicyclic) bond motifs is 3. The molecule has 6 nitrogen and oxygen atoms in total. The van der Waals surface area contributed by atoms with Crippen molar-refractivity contribution in [3.8, 4) is 0 Å². The van der Waals surface area contributed by atoms with Gasteiger partial charge in [-0.3, -0.25) is 4.79 Å². The van der Waals surface area contributed by atoms with Crippen LogP contribution < -0.4 is 4.72 Å². The monoisotopic (exact) mass is 479 g/mol. The van der Waals surface area contributed by atoms with E-state index >= 15 is 0 Å². The maximum absolute atomic E-state index is 13.9. The third-order valence-electron chi connectivity index (χ3n) is 5.10. The minimum atomic E-state index is -4.15. The summed E-state index contributed by atoms with van der Waals surface area (Å²) in [5.41, 5.74) is 3.10. The number of aromatic amines is 1. The van der Waals surface area contributed by atoms with E-state index in [1.807, 2.05) is 18.2 Å². The number of carbonyl (C=O) groups is 1. The molecule has 0 radical (unpaired) electrons. The standard InChI is InChI=1S/C20H19BrFN3O3S/c1-12(24-29(27,28)18-8-3-2-7-16(18)22)20(26)25-10-9-17-14(11-25)13-5-4-6-15(21)19(13)23-17/h2-8,12,23-24H,9-11H2,1H3/t12-/m0/s1. The molecule has 29 heavy (non-hydrogen) atoms. The van der Waals surface area contributed by atoms with Gasteiger partial charge in [-0.25, -0.2) is 12.8 Å². The lowest BCUT2D eigenvalue weighted by Gasteiger charge is -2.29. The Kier molecular flexibility index (Phi) is 5.22. The minimum Gasteiger partial charge on any atom is -0.357 e. The van der Waals surface area contributed by atoms with Gasteiger partial charge in [-0.15, -0.1) is 0 Å². The Labute approximate surface area is 176 Å². The summed E-state index contributed by atoms with van der Waals surface area (Å²) >= 11 is 3.53. The average molecular weight is 480 g/mol. The summed E-state index contributed by atoms with van der Waals surface area (Å²) in [7, 11) is -4.15. The van der Waals surface area contributed by atoms with Gasteiger partial charge in [-0.1, -0.05) is 24.3 Å². The Morgan fingerprint density at radius 2 is 2.00 bits per heavy atom. The number of hydrogen-bond donors (Lipinski definition) is 2. The first-order valence-electron chi connectivity index (χ1n) is 9.11. The van der Waals surface area contributed by atoms with Crippen LogP contribution in [0.25, 0.3) is 10.9 Å². The molecule has 1 atom stereocenters. The molecule has 2 N–H and O–H groups in total. The summed E-state index contributed by atoms with van der Waals surface area (Å²) in [5.74, 6) is -1.20. The molecule has 2 aromatic carbocycles. The average Bonchev–Trinajstić information content (AvgIpc) is 3.06. The fourth-order valence-corrected chi connectivity index (χ4v) is 5.41. The van der Waals surface area contributed by atoms with E-state index in [9.17, 15) is 17.6 Å². The Balaban J connectivity index is 1.54. The van der Waals surface area contributed by atoms with Gasteiger partial charge in [0.25, 0.3) is 0 Å². The highest BCUT2D eigenvalue weighted by Gasteiger charge is 2.30. The predicted octanol–water partition coefficient (Wildman–Crippen LogP) is 3.32. The number of nitrogens with one attached hydrogen (secondary N) is 2. The highest BCUT2D eigenvalue weighted by atomic mass is 79.9. The van der Waals surface area contributed by atoms with Gasteiger partial charge in [0.05, 0.1) is 11.6 Å². The second kappa shape index (κ2) is 7.55. The quantitative estimate of drug-likeness (QED) is 0.601. The van der Waals surface area contributed by atoms with Crippen LogP contribution in [0.5, 0.6) is 0 Å². The number of nitrogens with zero attached hydrogens (tertiary/aromatic N) is 1. The molecule has 3 aromatic rings. The zero-order chi connectivity index (χ0) is 20.8. The van der Waals surface area contributed by atoms with E-state index in [0.717, 1.165) is 32.7 Å². The van der Waals surface area contributed by atoms with Crippen molar-refractivity contribution in [1.82, 2.24) is 14.6 Å². The summed E-state index contributed by atoms with van der Waals surface area (Å²) in [4.78, 5) is 17.5. The summed E-state index contributed by atoms with van der Waals surface area (Å²) in [6.07, 6.45) is 0.648. The van der Waals surface area contributed by atoms with Crippen LogP contribution >= 0.6 is 15.9 Å². The highest BCUT2D eigenvalue weighted by molar-refractivity contribution is 9.10. The molecule has 1 amide bonds. The molecule has 0 fully saturated rings. The number of H-pyrrole nitrogens is 1. The molecule has 152 valence electrons. The van der Waals surface area contributed by atoms with Crippen molar-refractivity contribution in [3.63, 3.8) is 0 Å². The number of halogens is 2. The highest BCUT2D eigenvalue weighted by Crippen LogP contribution is 2.32. The van der Waals surface area contributed by atoms with Crippen LogP contribution in [0.1, 0.15) is 18.2 Å². The summed E-state index contributed by atoms with van der Waals surface area (Å²) in [6, 6.07) is 9.96. The van der Waals surface area contributed by atoms with E-state index in [-0.39, 0.29) is 5.91 Å². The van der Waals surface area contributed by atoms with Crippen molar-refractivity contribution in [2.45, 2.75) is 30.8 Å². The van der Waals surface area contributed by atoms with Crippen molar-refractivity contribution in [1.29, 1.82) is 0 Å². The van der Waals surface area contributed by atoms with Gasteiger partial charge in [-0.2, -0.15) is 4.72 Å². The number of para-hydroxylation sites is 1. The molecule has 0 aliphatic carbocycles. The largest absolute Gasteiger partial charge is 0.357 e. The lowest BCUT2D eigenvalue weighted by atomic mass is 10.0. The number of amides is 1. The van der Waals surface area contributed by atoms with E-state index in [0.29, 0.717) is 19.5 Å². The van der Waals surface area contributed by atoms with Gasteiger partial charge in [0.15, 0.2) is 0 Å².